The summed E-state index contributed by atoms with van der Waals surface area (Å²) in [6, 6.07) is 22.7. The maximum atomic E-state index is 13.5. The van der Waals surface area contributed by atoms with E-state index in [-0.39, 0.29) is 23.1 Å². The Morgan fingerprint density at radius 3 is 2.49 bits per heavy atom. The molecular formula is C38H39ClN2O4. The number of benzene rings is 3. The molecule has 0 radical (unpaired) electrons. The molecule has 4 aromatic rings. The van der Waals surface area contributed by atoms with E-state index in [1.54, 1.807) is 6.07 Å². The van der Waals surface area contributed by atoms with E-state index in [9.17, 15) is 14.4 Å². The van der Waals surface area contributed by atoms with E-state index >= 15 is 0 Å². The Balaban J connectivity index is 1.19. The Bertz CT molecular complexity index is 1780. The predicted molar refractivity (Wildman–Crippen MR) is 179 cm³/mol. The van der Waals surface area contributed by atoms with Crippen LogP contribution in [0, 0.1) is 0 Å². The van der Waals surface area contributed by atoms with Crippen molar-refractivity contribution in [1.82, 2.24) is 10.2 Å². The molecule has 6 nitrogen and oxygen atoms in total. The molecule has 2 heterocycles. The van der Waals surface area contributed by atoms with Gasteiger partial charge in [0, 0.05) is 30.6 Å². The van der Waals surface area contributed by atoms with Gasteiger partial charge in [-0.15, -0.1) is 0 Å². The first-order chi connectivity index (χ1) is 21.9. The number of hydrogen-bond donors (Lipinski definition) is 1. The standard InChI is InChI=1S/C38H39ClN2O4/c1-2-25-13-18-35-33(22-25)34(42)23-36(45-35)38(44)40-31(21-27-11-16-30(39)17-12-27)20-26-9-14-28(15-10-26)32-7-4-3-6-29(32)24-41-19-5-8-37(41)43/h3-4,6-7,11-13,16-18,20,22-23,28,31H,2,5,8-10,14-15,19,21,24H2,1H3,(H,40,44)/t28?,31-/m1/s1. The largest absolute Gasteiger partial charge is 0.451 e. The van der Waals surface area contributed by atoms with Gasteiger partial charge in [-0.2, -0.15) is 0 Å². The highest BCUT2D eigenvalue weighted by Crippen LogP contribution is 2.37. The lowest BCUT2D eigenvalue weighted by Crippen LogP contribution is -2.36. The molecule has 1 N–H and O–H groups in total. The SMILES string of the molecule is CCc1ccc2oc(C(=O)N[C@H](C=C3CCC(c4ccccc4CN4CCCC4=O)CC3)Cc3ccc(Cl)cc3)cc(=O)c2c1. The van der Waals surface area contributed by atoms with Crippen LogP contribution in [-0.2, 0) is 24.2 Å². The van der Waals surface area contributed by atoms with Gasteiger partial charge in [0.25, 0.3) is 5.91 Å². The summed E-state index contributed by atoms with van der Waals surface area (Å²) in [5, 5.41) is 4.28. The van der Waals surface area contributed by atoms with Crippen LogP contribution in [0.15, 0.2) is 93.7 Å². The maximum Gasteiger partial charge on any atom is 0.287 e. The monoisotopic (exact) mass is 622 g/mol. The van der Waals surface area contributed by atoms with Crippen molar-refractivity contribution in [3.8, 4) is 0 Å². The minimum atomic E-state index is -0.413. The molecule has 1 atom stereocenters. The zero-order valence-electron chi connectivity index (χ0n) is 25.7. The summed E-state index contributed by atoms with van der Waals surface area (Å²) in [6.45, 7) is 3.56. The van der Waals surface area contributed by atoms with Gasteiger partial charge in [-0.25, -0.2) is 0 Å². The number of likely N-dealkylation sites (tertiary alicyclic amines) is 1. The summed E-state index contributed by atoms with van der Waals surface area (Å²) in [6.07, 6.45) is 9.06. The quantitative estimate of drug-likeness (QED) is 0.194. The molecule has 0 spiro atoms. The smallest absolute Gasteiger partial charge is 0.287 e. The molecule has 45 heavy (non-hydrogen) atoms. The van der Waals surface area contributed by atoms with Gasteiger partial charge in [-0.1, -0.05) is 72.6 Å². The predicted octanol–water partition coefficient (Wildman–Crippen LogP) is 7.76. The highest BCUT2D eigenvalue weighted by atomic mass is 35.5. The second-order valence-corrected chi connectivity index (χ2v) is 12.7. The third kappa shape index (κ3) is 7.39. The van der Waals surface area contributed by atoms with Crippen LogP contribution in [0.5, 0.6) is 0 Å². The van der Waals surface area contributed by atoms with E-state index in [1.807, 2.05) is 48.2 Å². The van der Waals surface area contributed by atoms with Crippen LogP contribution in [-0.4, -0.2) is 29.3 Å². The van der Waals surface area contributed by atoms with Crippen LogP contribution < -0.4 is 10.7 Å². The van der Waals surface area contributed by atoms with Crippen LogP contribution in [0.3, 0.4) is 0 Å². The molecule has 2 fully saturated rings. The van der Waals surface area contributed by atoms with Crippen LogP contribution in [0.25, 0.3) is 11.0 Å². The molecule has 0 unspecified atom stereocenters. The molecule has 2 aliphatic rings. The number of nitrogens with zero attached hydrogens (tertiary/aromatic N) is 1. The first-order valence-corrected chi connectivity index (χ1v) is 16.4. The summed E-state index contributed by atoms with van der Waals surface area (Å²) in [4.78, 5) is 40.6. The fraction of sp³-hybridized carbons (Fsp3) is 0.342. The lowest BCUT2D eigenvalue weighted by Gasteiger charge is -2.28. The molecule has 1 aliphatic heterocycles. The molecular weight excluding hydrogens is 584 g/mol. The number of nitrogens with one attached hydrogen (secondary N) is 1. The van der Waals surface area contributed by atoms with Crippen LogP contribution in [0.1, 0.15) is 84.2 Å². The molecule has 1 saturated heterocycles. The third-order valence-corrected chi connectivity index (χ3v) is 9.45. The minimum absolute atomic E-state index is 0.00746. The second kappa shape index (κ2) is 13.9. The van der Waals surface area contributed by atoms with Crippen LogP contribution in [0.2, 0.25) is 5.02 Å². The molecule has 3 aromatic carbocycles. The minimum Gasteiger partial charge on any atom is -0.451 e. The molecule has 0 bridgehead atoms. The Labute approximate surface area is 269 Å². The van der Waals surface area contributed by atoms with Crippen molar-refractivity contribution in [3.05, 3.63) is 128 Å². The third-order valence-electron chi connectivity index (χ3n) is 9.20. The summed E-state index contributed by atoms with van der Waals surface area (Å²) in [5.41, 5.74) is 6.18. The fourth-order valence-electron chi connectivity index (χ4n) is 6.70. The van der Waals surface area contributed by atoms with E-state index in [4.69, 9.17) is 16.0 Å². The van der Waals surface area contributed by atoms with Gasteiger partial charge in [0.05, 0.1) is 11.4 Å². The molecule has 1 saturated carbocycles. The van der Waals surface area contributed by atoms with Gasteiger partial charge >= 0.3 is 0 Å². The Hall–Kier alpha value is -4.16. The van der Waals surface area contributed by atoms with E-state index in [2.05, 4.69) is 35.7 Å². The van der Waals surface area contributed by atoms with Crippen molar-refractivity contribution < 1.29 is 14.0 Å². The number of hydrogen-bond acceptors (Lipinski definition) is 4. The van der Waals surface area contributed by atoms with Crippen molar-refractivity contribution in [2.45, 2.75) is 76.8 Å². The van der Waals surface area contributed by atoms with Gasteiger partial charge < -0.3 is 14.6 Å². The number of aryl methyl sites for hydroxylation is 1. The number of amides is 2. The van der Waals surface area contributed by atoms with Crippen molar-refractivity contribution in [2.24, 2.45) is 0 Å². The van der Waals surface area contributed by atoms with Crippen molar-refractivity contribution in [2.75, 3.05) is 6.54 Å². The molecule has 2 amide bonds. The van der Waals surface area contributed by atoms with Gasteiger partial charge in [0.15, 0.2) is 11.2 Å². The number of halogens is 1. The second-order valence-electron chi connectivity index (χ2n) is 12.3. The lowest BCUT2D eigenvalue weighted by atomic mass is 9.79. The van der Waals surface area contributed by atoms with Gasteiger partial charge in [-0.3, -0.25) is 14.4 Å². The maximum absolute atomic E-state index is 13.5. The Kier molecular flexibility index (Phi) is 9.50. The molecule has 6 rings (SSSR count). The van der Waals surface area contributed by atoms with E-state index < -0.39 is 5.91 Å². The number of carbonyl (C=O) groups is 2. The normalized spacial score (nSPS) is 17.5. The first-order valence-electron chi connectivity index (χ1n) is 16.0. The summed E-state index contributed by atoms with van der Waals surface area (Å²) < 4.78 is 5.91. The zero-order chi connectivity index (χ0) is 31.3. The van der Waals surface area contributed by atoms with Gasteiger partial charge in [0.2, 0.25) is 5.91 Å². The number of carbonyl (C=O) groups excluding carboxylic acids is 2. The fourth-order valence-corrected chi connectivity index (χ4v) is 6.83. The average Bonchev–Trinajstić information content (AvgIpc) is 3.46. The molecule has 1 aromatic heterocycles. The number of allylic oxidation sites excluding steroid dienone is 1. The highest BCUT2D eigenvalue weighted by Gasteiger charge is 2.25. The van der Waals surface area contributed by atoms with E-state index in [1.165, 1.54) is 22.8 Å². The molecule has 232 valence electrons. The summed E-state index contributed by atoms with van der Waals surface area (Å²) in [7, 11) is 0. The van der Waals surface area contributed by atoms with Crippen molar-refractivity contribution in [1.29, 1.82) is 0 Å². The topological polar surface area (TPSA) is 79.6 Å². The molecule has 1 aliphatic carbocycles. The number of rotatable bonds is 9. The Morgan fingerprint density at radius 1 is 1.00 bits per heavy atom. The molecule has 7 heteroatoms. The van der Waals surface area contributed by atoms with E-state index in [0.29, 0.717) is 41.3 Å². The zero-order valence-corrected chi connectivity index (χ0v) is 26.4. The summed E-state index contributed by atoms with van der Waals surface area (Å²) in [5.74, 6) is 0.276. The Morgan fingerprint density at radius 2 is 1.76 bits per heavy atom. The van der Waals surface area contributed by atoms with Crippen LogP contribution >= 0.6 is 11.6 Å². The van der Waals surface area contributed by atoms with Crippen molar-refractivity contribution >= 4 is 34.4 Å². The average molecular weight is 623 g/mol. The highest BCUT2D eigenvalue weighted by molar-refractivity contribution is 6.30. The van der Waals surface area contributed by atoms with Crippen LogP contribution in [0.4, 0.5) is 0 Å². The summed E-state index contributed by atoms with van der Waals surface area (Å²) >= 11 is 6.14. The van der Waals surface area contributed by atoms with Gasteiger partial charge in [-0.05, 0) is 97.4 Å². The first kappa shape index (κ1) is 30.8. The number of fused-ring (bicyclic) bond motifs is 1. The van der Waals surface area contributed by atoms with Gasteiger partial charge in [0.1, 0.15) is 5.58 Å². The van der Waals surface area contributed by atoms with Crippen molar-refractivity contribution in [3.63, 3.8) is 0 Å². The lowest BCUT2D eigenvalue weighted by molar-refractivity contribution is -0.128. The van der Waals surface area contributed by atoms with E-state index in [0.717, 1.165) is 56.2 Å².